The second-order valence-electron chi connectivity index (χ2n) is 5.52. The van der Waals surface area contributed by atoms with Crippen LogP contribution in [0.1, 0.15) is 37.8 Å². The number of benzene rings is 1. The van der Waals surface area contributed by atoms with E-state index in [1.165, 1.54) is 0 Å². The number of nitrogens with two attached hydrogens (primary N) is 1. The Balaban J connectivity index is 2.93. The van der Waals surface area contributed by atoms with Gasteiger partial charge in [-0.05, 0) is 37.8 Å². The van der Waals surface area contributed by atoms with Crippen LogP contribution in [0.25, 0.3) is 0 Å². The minimum Gasteiger partial charge on any atom is -0.492 e. The SMILES string of the molecule is CCC(CC)(COc1c(C)cccc1C)CS(N)(=O)=O. The van der Waals surface area contributed by atoms with Gasteiger partial charge in [0.25, 0.3) is 0 Å². The molecule has 0 heterocycles. The molecule has 114 valence electrons. The number of hydrogen-bond donors (Lipinski definition) is 1. The fourth-order valence-corrected chi connectivity index (χ4v) is 3.72. The molecule has 0 bridgehead atoms. The summed E-state index contributed by atoms with van der Waals surface area (Å²) in [7, 11) is -3.51. The van der Waals surface area contributed by atoms with Gasteiger partial charge in [-0.25, -0.2) is 13.6 Å². The second kappa shape index (κ2) is 6.59. The number of para-hydroxylation sites is 1. The number of sulfonamides is 1. The molecule has 0 spiro atoms. The van der Waals surface area contributed by atoms with E-state index in [1.54, 1.807) is 0 Å². The van der Waals surface area contributed by atoms with Crippen LogP contribution >= 0.6 is 0 Å². The third kappa shape index (κ3) is 4.49. The molecule has 0 amide bonds. The van der Waals surface area contributed by atoms with Crippen LogP contribution in [0.4, 0.5) is 0 Å². The second-order valence-corrected chi connectivity index (χ2v) is 7.14. The maximum Gasteiger partial charge on any atom is 0.209 e. The average Bonchev–Trinajstić information content (AvgIpc) is 2.35. The number of aryl methyl sites for hydroxylation is 2. The van der Waals surface area contributed by atoms with Gasteiger partial charge in [0.15, 0.2) is 0 Å². The largest absolute Gasteiger partial charge is 0.492 e. The van der Waals surface area contributed by atoms with Crippen LogP contribution in [-0.4, -0.2) is 20.8 Å². The first kappa shape index (κ1) is 17.0. The highest BCUT2D eigenvalue weighted by Crippen LogP contribution is 2.31. The molecule has 0 fully saturated rings. The predicted molar refractivity (Wildman–Crippen MR) is 82.4 cm³/mol. The molecule has 0 aliphatic rings. The first-order chi connectivity index (χ1) is 9.23. The molecule has 0 radical (unpaired) electrons. The topological polar surface area (TPSA) is 69.4 Å². The summed E-state index contributed by atoms with van der Waals surface area (Å²) >= 11 is 0. The zero-order valence-corrected chi connectivity index (χ0v) is 13.6. The standard InChI is InChI=1S/C15H25NO3S/c1-5-15(6-2,11-20(16,17)18)10-19-14-12(3)8-7-9-13(14)4/h7-9H,5-6,10-11H2,1-4H3,(H2,16,17,18). The molecule has 4 nitrogen and oxygen atoms in total. The molecule has 20 heavy (non-hydrogen) atoms. The van der Waals surface area contributed by atoms with Crippen LogP contribution in [0.15, 0.2) is 18.2 Å². The van der Waals surface area contributed by atoms with E-state index in [0.717, 1.165) is 16.9 Å². The van der Waals surface area contributed by atoms with Crippen molar-refractivity contribution in [3.05, 3.63) is 29.3 Å². The monoisotopic (exact) mass is 299 g/mol. The highest BCUT2D eigenvalue weighted by atomic mass is 32.2. The summed E-state index contributed by atoms with van der Waals surface area (Å²) in [5.41, 5.74) is 1.69. The Kier molecular flexibility index (Phi) is 5.59. The van der Waals surface area contributed by atoms with Crippen LogP contribution in [0.2, 0.25) is 0 Å². The van der Waals surface area contributed by atoms with E-state index in [-0.39, 0.29) is 5.75 Å². The van der Waals surface area contributed by atoms with Gasteiger partial charge in [-0.15, -0.1) is 0 Å². The van der Waals surface area contributed by atoms with Crippen LogP contribution in [-0.2, 0) is 10.0 Å². The zero-order chi connectivity index (χ0) is 15.4. The van der Waals surface area contributed by atoms with Gasteiger partial charge in [0.1, 0.15) is 5.75 Å². The summed E-state index contributed by atoms with van der Waals surface area (Å²) in [6.07, 6.45) is 1.43. The molecule has 1 rings (SSSR count). The molecule has 0 aliphatic carbocycles. The normalized spacial score (nSPS) is 12.4. The molecule has 0 aromatic heterocycles. The highest BCUT2D eigenvalue weighted by molar-refractivity contribution is 7.89. The van der Waals surface area contributed by atoms with Gasteiger partial charge >= 0.3 is 0 Å². The maximum absolute atomic E-state index is 11.4. The quantitative estimate of drug-likeness (QED) is 0.841. The molecule has 1 aromatic carbocycles. The zero-order valence-electron chi connectivity index (χ0n) is 12.8. The van der Waals surface area contributed by atoms with E-state index in [1.807, 2.05) is 45.9 Å². The van der Waals surface area contributed by atoms with E-state index in [0.29, 0.717) is 19.4 Å². The van der Waals surface area contributed by atoms with Crippen molar-refractivity contribution >= 4 is 10.0 Å². The van der Waals surface area contributed by atoms with Crippen molar-refractivity contribution in [3.63, 3.8) is 0 Å². The minimum atomic E-state index is -3.51. The molecule has 1 aromatic rings. The summed E-state index contributed by atoms with van der Waals surface area (Å²) in [4.78, 5) is 0. The van der Waals surface area contributed by atoms with Gasteiger partial charge in [-0.3, -0.25) is 0 Å². The third-order valence-corrected chi connectivity index (χ3v) is 4.95. The van der Waals surface area contributed by atoms with Crippen molar-refractivity contribution in [2.24, 2.45) is 10.6 Å². The van der Waals surface area contributed by atoms with Crippen molar-refractivity contribution in [1.82, 2.24) is 0 Å². The first-order valence-electron chi connectivity index (χ1n) is 6.92. The third-order valence-electron chi connectivity index (χ3n) is 3.94. The highest BCUT2D eigenvalue weighted by Gasteiger charge is 2.32. The summed E-state index contributed by atoms with van der Waals surface area (Å²) in [5.74, 6) is 0.797. The predicted octanol–water partition coefficient (Wildman–Crippen LogP) is 2.78. The lowest BCUT2D eigenvalue weighted by Gasteiger charge is -2.31. The van der Waals surface area contributed by atoms with Crippen LogP contribution in [0.5, 0.6) is 5.75 Å². The van der Waals surface area contributed by atoms with Gasteiger partial charge in [0.2, 0.25) is 10.0 Å². The van der Waals surface area contributed by atoms with Crippen molar-refractivity contribution in [2.45, 2.75) is 40.5 Å². The fraction of sp³-hybridized carbons (Fsp3) is 0.600. The summed E-state index contributed by atoms with van der Waals surface area (Å²) in [5, 5.41) is 5.22. The van der Waals surface area contributed by atoms with Crippen molar-refractivity contribution in [2.75, 3.05) is 12.4 Å². The average molecular weight is 299 g/mol. The van der Waals surface area contributed by atoms with Crippen molar-refractivity contribution in [3.8, 4) is 5.75 Å². The van der Waals surface area contributed by atoms with Crippen LogP contribution < -0.4 is 9.88 Å². The van der Waals surface area contributed by atoms with E-state index in [4.69, 9.17) is 9.88 Å². The Morgan fingerprint density at radius 3 is 2.05 bits per heavy atom. The van der Waals surface area contributed by atoms with Crippen LogP contribution in [0, 0.1) is 19.3 Å². The molecular weight excluding hydrogens is 274 g/mol. The Hall–Kier alpha value is -1.07. The van der Waals surface area contributed by atoms with Crippen molar-refractivity contribution in [1.29, 1.82) is 0 Å². The Morgan fingerprint density at radius 1 is 1.15 bits per heavy atom. The number of primary sulfonamides is 1. The maximum atomic E-state index is 11.4. The van der Waals surface area contributed by atoms with Gasteiger partial charge in [-0.2, -0.15) is 0 Å². The number of hydrogen-bond acceptors (Lipinski definition) is 3. The molecular formula is C15H25NO3S. The van der Waals surface area contributed by atoms with Crippen LogP contribution in [0.3, 0.4) is 0 Å². The number of ether oxygens (including phenoxy) is 1. The Morgan fingerprint density at radius 2 is 1.65 bits per heavy atom. The van der Waals surface area contributed by atoms with Gasteiger partial charge in [-0.1, -0.05) is 32.0 Å². The van der Waals surface area contributed by atoms with E-state index >= 15 is 0 Å². The lowest BCUT2D eigenvalue weighted by Crippen LogP contribution is -2.37. The molecule has 0 atom stereocenters. The molecule has 5 heteroatoms. The van der Waals surface area contributed by atoms with E-state index in [2.05, 4.69) is 0 Å². The number of rotatable bonds is 7. The molecule has 0 saturated carbocycles. The lowest BCUT2D eigenvalue weighted by atomic mass is 9.85. The summed E-state index contributed by atoms with van der Waals surface area (Å²) in [6, 6.07) is 5.96. The van der Waals surface area contributed by atoms with E-state index < -0.39 is 15.4 Å². The lowest BCUT2D eigenvalue weighted by molar-refractivity contribution is 0.153. The first-order valence-corrected chi connectivity index (χ1v) is 8.64. The summed E-state index contributed by atoms with van der Waals surface area (Å²) in [6.45, 7) is 8.29. The minimum absolute atomic E-state index is 0.0437. The van der Waals surface area contributed by atoms with Gasteiger partial charge in [0.05, 0.1) is 12.4 Å². The van der Waals surface area contributed by atoms with Gasteiger partial charge in [0, 0.05) is 5.41 Å². The van der Waals surface area contributed by atoms with Crippen molar-refractivity contribution < 1.29 is 13.2 Å². The van der Waals surface area contributed by atoms with E-state index in [9.17, 15) is 8.42 Å². The Bertz CT molecular complexity index is 528. The van der Waals surface area contributed by atoms with Gasteiger partial charge < -0.3 is 4.74 Å². The Labute approximate surface area is 122 Å². The molecule has 0 unspecified atom stereocenters. The molecule has 0 aliphatic heterocycles. The summed E-state index contributed by atoms with van der Waals surface area (Å²) < 4.78 is 28.8. The molecule has 2 N–H and O–H groups in total. The smallest absolute Gasteiger partial charge is 0.209 e. The fourth-order valence-electron chi connectivity index (χ4n) is 2.38. The molecule has 0 saturated heterocycles.